The van der Waals surface area contributed by atoms with Crippen LogP contribution < -0.4 is 5.32 Å². The van der Waals surface area contributed by atoms with Crippen LogP contribution in [0.15, 0.2) is 0 Å². The fourth-order valence-electron chi connectivity index (χ4n) is 4.56. The first kappa shape index (κ1) is 16.3. The smallest absolute Gasteiger partial charge is 0.0614 e. The highest BCUT2D eigenvalue weighted by Crippen LogP contribution is 2.41. The molecule has 0 spiro atoms. The number of aliphatic hydroxyl groups is 1. The SMILES string of the molecule is CCNC1(CO)CCC(OC2CC(C)CC(C)(C)C2)C1. The number of aliphatic hydroxyl groups excluding tert-OH is 1. The van der Waals surface area contributed by atoms with Gasteiger partial charge in [-0.05, 0) is 56.4 Å². The number of hydrogen-bond acceptors (Lipinski definition) is 3. The van der Waals surface area contributed by atoms with Crippen molar-refractivity contribution in [3.8, 4) is 0 Å². The molecule has 2 rings (SSSR count). The Bertz CT molecular complexity index is 318. The average molecular weight is 283 g/mol. The van der Waals surface area contributed by atoms with E-state index in [9.17, 15) is 5.11 Å². The molecule has 0 heterocycles. The Morgan fingerprint density at radius 1 is 1.20 bits per heavy atom. The topological polar surface area (TPSA) is 41.5 Å². The zero-order chi connectivity index (χ0) is 14.8. The van der Waals surface area contributed by atoms with Crippen molar-refractivity contribution >= 4 is 0 Å². The van der Waals surface area contributed by atoms with Crippen LogP contribution in [0.1, 0.15) is 66.2 Å². The third-order valence-corrected chi connectivity index (χ3v) is 5.15. The summed E-state index contributed by atoms with van der Waals surface area (Å²) in [5.41, 5.74) is 0.325. The van der Waals surface area contributed by atoms with Crippen molar-refractivity contribution in [3.63, 3.8) is 0 Å². The van der Waals surface area contributed by atoms with Gasteiger partial charge >= 0.3 is 0 Å². The second-order valence-electron chi connectivity index (χ2n) is 8.01. The standard InChI is InChI=1S/C17H33NO2/c1-5-18-17(12-19)7-6-14(11-17)20-15-8-13(2)9-16(3,4)10-15/h13-15,18-19H,5-12H2,1-4H3. The summed E-state index contributed by atoms with van der Waals surface area (Å²) >= 11 is 0. The molecule has 2 aliphatic rings. The lowest BCUT2D eigenvalue weighted by Gasteiger charge is -2.40. The van der Waals surface area contributed by atoms with Crippen molar-refractivity contribution < 1.29 is 9.84 Å². The normalized spacial score (nSPS) is 41.0. The van der Waals surface area contributed by atoms with Gasteiger partial charge in [-0.2, -0.15) is 0 Å². The van der Waals surface area contributed by atoms with Crippen molar-refractivity contribution in [2.45, 2.75) is 84.0 Å². The Morgan fingerprint density at radius 2 is 1.95 bits per heavy atom. The van der Waals surface area contributed by atoms with Gasteiger partial charge in [-0.3, -0.25) is 0 Å². The zero-order valence-corrected chi connectivity index (χ0v) is 13.7. The third kappa shape index (κ3) is 3.96. The van der Waals surface area contributed by atoms with E-state index in [1.54, 1.807) is 0 Å². The predicted octanol–water partition coefficient (Wildman–Crippen LogP) is 3.11. The highest BCUT2D eigenvalue weighted by molar-refractivity contribution is 4.97. The van der Waals surface area contributed by atoms with Gasteiger partial charge in [0, 0.05) is 5.54 Å². The van der Waals surface area contributed by atoms with Crippen LogP contribution in [0, 0.1) is 11.3 Å². The van der Waals surface area contributed by atoms with Gasteiger partial charge in [-0.1, -0.05) is 27.7 Å². The van der Waals surface area contributed by atoms with Crippen LogP contribution in [0.3, 0.4) is 0 Å². The number of ether oxygens (including phenoxy) is 1. The molecule has 0 radical (unpaired) electrons. The molecule has 0 amide bonds. The molecule has 2 aliphatic carbocycles. The second kappa shape index (κ2) is 6.33. The Hall–Kier alpha value is -0.120. The Kier molecular flexibility index (Phi) is 5.14. The molecule has 0 aromatic carbocycles. The molecule has 0 saturated heterocycles. The average Bonchev–Trinajstić information content (AvgIpc) is 2.71. The van der Waals surface area contributed by atoms with Gasteiger partial charge in [0.25, 0.3) is 0 Å². The maximum Gasteiger partial charge on any atom is 0.0614 e. The van der Waals surface area contributed by atoms with Gasteiger partial charge in [-0.25, -0.2) is 0 Å². The number of hydrogen-bond donors (Lipinski definition) is 2. The van der Waals surface area contributed by atoms with E-state index in [2.05, 4.69) is 33.0 Å². The molecule has 0 aromatic heterocycles. The van der Waals surface area contributed by atoms with Crippen molar-refractivity contribution in [2.24, 2.45) is 11.3 Å². The van der Waals surface area contributed by atoms with E-state index in [1.165, 1.54) is 19.3 Å². The van der Waals surface area contributed by atoms with Crippen molar-refractivity contribution in [2.75, 3.05) is 13.2 Å². The second-order valence-corrected chi connectivity index (χ2v) is 8.01. The van der Waals surface area contributed by atoms with Gasteiger partial charge < -0.3 is 15.2 Å². The Labute approximate surface area is 124 Å². The first-order valence-corrected chi connectivity index (χ1v) is 8.39. The van der Waals surface area contributed by atoms with Crippen LogP contribution in [-0.2, 0) is 4.74 Å². The third-order valence-electron chi connectivity index (χ3n) is 5.15. The van der Waals surface area contributed by atoms with Gasteiger partial charge in [0.05, 0.1) is 18.8 Å². The lowest BCUT2D eigenvalue weighted by molar-refractivity contribution is -0.0655. The lowest BCUT2D eigenvalue weighted by Crippen LogP contribution is -2.47. The van der Waals surface area contributed by atoms with Gasteiger partial charge in [-0.15, -0.1) is 0 Å². The monoisotopic (exact) mass is 283 g/mol. The Morgan fingerprint density at radius 3 is 2.55 bits per heavy atom. The summed E-state index contributed by atoms with van der Waals surface area (Å²) in [6.07, 6.45) is 7.52. The molecule has 3 nitrogen and oxygen atoms in total. The molecule has 2 saturated carbocycles. The minimum absolute atomic E-state index is 0.0881. The van der Waals surface area contributed by atoms with E-state index in [4.69, 9.17) is 4.74 Å². The van der Waals surface area contributed by atoms with E-state index in [0.29, 0.717) is 17.6 Å². The molecule has 4 unspecified atom stereocenters. The predicted molar refractivity (Wildman–Crippen MR) is 82.8 cm³/mol. The fourth-order valence-corrected chi connectivity index (χ4v) is 4.56. The van der Waals surface area contributed by atoms with Crippen LogP contribution in [0.4, 0.5) is 0 Å². The van der Waals surface area contributed by atoms with Gasteiger partial charge in [0.15, 0.2) is 0 Å². The fraction of sp³-hybridized carbons (Fsp3) is 1.00. The summed E-state index contributed by atoms with van der Waals surface area (Å²) in [4.78, 5) is 0. The Balaban J connectivity index is 1.88. The highest BCUT2D eigenvalue weighted by Gasteiger charge is 2.41. The van der Waals surface area contributed by atoms with Crippen molar-refractivity contribution in [1.82, 2.24) is 5.32 Å². The molecular weight excluding hydrogens is 250 g/mol. The summed E-state index contributed by atoms with van der Waals surface area (Å²) in [5, 5.41) is 13.1. The van der Waals surface area contributed by atoms with Gasteiger partial charge in [0.1, 0.15) is 0 Å². The summed E-state index contributed by atoms with van der Waals surface area (Å²) in [6, 6.07) is 0. The number of rotatable bonds is 5. The molecule has 118 valence electrons. The lowest BCUT2D eigenvalue weighted by atomic mass is 9.71. The number of likely N-dealkylation sites (N-methyl/N-ethyl adjacent to an activating group) is 1. The molecule has 2 N–H and O–H groups in total. The van der Waals surface area contributed by atoms with Gasteiger partial charge in [0.2, 0.25) is 0 Å². The molecule has 0 bridgehead atoms. The summed E-state index contributed by atoms with van der Waals surface area (Å²) < 4.78 is 6.41. The van der Waals surface area contributed by atoms with Crippen LogP contribution >= 0.6 is 0 Å². The van der Waals surface area contributed by atoms with Crippen molar-refractivity contribution in [1.29, 1.82) is 0 Å². The molecule has 4 atom stereocenters. The van der Waals surface area contributed by atoms with E-state index < -0.39 is 0 Å². The van der Waals surface area contributed by atoms with Crippen molar-refractivity contribution in [3.05, 3.63) is 0 Å². The first-order valence-electron chi connectivity index (χ1n) is 8.39. The minimum atomic E-state index is -0.0881. The molecule has 3 heteroatoms. The van der Waals surface area contributed by atoms with Crippen LogP contribution in [0.2, 0.25) is 0 Å². The maximum absolute atomic E-state index is 9.68. The van der Waals surface area contributed by atoms with Crippen LogP contribution in [0.25, 0.3) is 0 Å². The molecule has 0 aromatic rings. The molecule has 2 fully saturated rings. The number of nitrogens with one attached hydrogen (secondary N) is 1. The summed E-state index contributed by atoms with van der Waals surface area (Å²) in [5.74, 6) is 0.765. The van der Waals surface area contributed by atoms with E-state index >= 15 is 0 Å². The largest absolute Gasteiger partial charge is 0.394 e. The molecular formula is C17H33NO2. The maximum atomic E-state index is 9.68. The summed E-state index contributed by atoms with van der Waals surface area (Å²) in [6.45, 7) is 10.3. The summed E-state index contributed by atoms with van der Waals surface area (Å²) in [7, 11) is 0. The quantitative estimate of drug-likeness (QED) is 0.814. The van der Waals surface area contributed by atoms with E-state index in [1.807, 2.05) is 0 Å². The highest BCUT2D eigenvalue weighted by atomic mass is 16.5. The minimum Gasteiger partial charge on any atom is -0.394 e. The zero-order valence-electron chi connectivity index (χ0n) is 13.7. The van der Waals surface area contributed by atoms with Crippen LogP contribution in [0.5, 0.6) is 0 Å². The van der Waals surface area contributed by atoms with E-state index in [-0.39, 0.29) is 12.1 Å². The molecule has 20 heavy (non-hydrogen) atoms. The van der Waals surface area contributed by atoms with Crippen LogP contribution in [-0.4, -0.2) is 36.0 Å². The van der Waals surface area contributed by atoms with E-state index in [0.717, 1.165) is 31.7 Å². The first-order chi connectivity index (χ1) is 9.38. The molecule has 0 aliphatic heterocycles.